The topological polar surface area (TPSA) is 57.8 Å². The van der Waals surface area contributed by atoms with Gasteiger partial charge in [0.05, 0.1) is 16.8 Å². The third-order valence-corrected chi connectivity index (χ3v) is 3.32. The third kappa shape index (κ3) is 3.40. The summed E-state index contributed by atoms with van der Waals surface area (Å²) in [5.74, 6) is 0.361. The molecule has 4 nitrogen and oxygen atoms in total. The highest BCUT2D eigenvalue weighted by molar-refractivity contribution is 7.99. The van der Waals surface area contributed by atoms with Gasteiger partial charge in [-0.3, -0.25) is 4.79 Å². The molecule has 2 aromatic rings. The fourth-order valence-electron chi connectivity index (χ4n) is 1.52. The number of fused-ring (bicyclic) bond motifs is 1. The molecule has 0 aliphatic heterocycles. The maximum atomic E-state index is 11.5. The van der Waals surface area contributed by atoms with Crippen molar-refractivity contribution >= 4 is 40.3 Å². The van der Waals surface area contributed by atoms with Crippen molar-refractivity contribution in [3.8, 4) is 0 Å². The number of amides is 1. The molecule has 0 spiro atoms. The molecule has 6 heteroatoms. The Labute approximate surface area is 115 Å². The number of nitrogens with one attached hydrogen (secondary N) is 2. The first kappa shape index (κ1) is 13.2. The van der Waals surface area contributed by atoms with Crippen LogP contribution in [0.1, 0.15) is 13.8 Å². The lowest BCUT2D eigenvalue weighted by atomic mass is 10.3. The lowest BCUT2D eigenvalue weighted by molar-refractivity contribution is -0.119. The van der Waals surface area contributed by atoms with Gasteiger partial charge in [-0.15, -0.1) is 0 Å². The largest absolute Gasteiger partial charge is 0.353 e. The standard InChI is InChI=1S/C12H14ClN3OS/c1-7(2)14-11(17)6-18-12-15-9-4-3-8(13)5-10(9)16-12/h3-5,7H,6H2,1-2H3,(H,14,17)(H,15,16). The first-order chi connectivity index (χ1) is 8.54. The summed E-state index contributed by atoms with van der Waals surface area (Å²) in [6.07, 6.45) is 0. The third-order valence-electron chi connectivity index (χ3n) is 2.21. The van der Waals surface area contributed by atoms with Crippen LogP contribution in [0.4, 0.5) is 0 Å². The van der Waals surface area contributed by atoms with Crippen LogP contribution in [0.15, 0.2) is 23.4 Å². The molecule has 1 aromatic carbocycles. The number of aromatic nitrogens is 2. The maximum absolute atomic E-state index is 11.5. The molecule has 0 bridgehead atoms. The highest BCUT2D eigenvalue weighted by Crippen LogP contribution is 2.21. The van der Waals surface area contributed by atoms with E-state index < -0.39 is 0 Å². The average Bonchev–Trinajstić information content (AvgIpc) is 2.67. The fraction of sp³-hybridized carbons (Fsp3) is 0.333. The molecule has 96 valence electrons. The molecule has 0 aliphatic rings. The van der Waals surface area contributed by atoms with Gasteiger partial charge >= 0.3 is 0 Å². The second-order valence-corrected chi connectivity index (χ2v) is 5.61. The van der Waals surface area contributed by atoms with Crippen LogP contribution >= 0.6 is 23.4 Å². The van der Waals surface area contributed by atoms with Crippen LogP contribution in [0, 0.1) is 0 Å². The van der Waals surface area contributed by atoms with Crippen molar-refractivity contribution in [1.29, 1.82) is 0 Å². The van der Waals surface area contributed by atoms with E-state index in [0.717, 1.165) is 16.2 Å². The van der Waals surface area contributed by atoms with Gasteiger partial charge in [-0.1, -0.05) is 23.4 Å². The van der Waals surface area contributed by atoms with Gasteiger partial charge in [-0.25, -0.2) is 4.98 Å². The Balaban J connectivity index is 2.02. The molecule has 0 saturated carbocycles. The number of nitrogens with zero attached hydrogens (tertiary/aromatic N) is 1. The zero-order valence-electron chi connectivity index (χ0n) is 10.2. The zero-order chi connectivity index (χ0) is 13.1. The van der Waals surface area contributed by atoms with Gasteiger partial charge in [0.1, 0.15) is 0 Å². The molecule has 0 unspecified atom stereocenters. The van der Waals surface area contributed by atoms with Crippen LogP contribution in [0.5, 0.6) is 0 Å². The van der Waals surface area contributed by atoms with E-state index in [2.05, 4.69) is 15.3 Å². The number of imidazole rings is 1. The Morgan fingerprint density at radius 2 is 2.33 bits per heavy atom. The molecule has 0 fully saturated rings. The molecule has 1 amide bonds. The van der Waals surface area contributed by atoms with E-state index in [9.17, 15) is 4.79 Å². The highest BCUT2D eigenvalue weighted by Gasteiger charge is 2.08. The maximum Gasteiger partial charge on any atom is 0.230 e. The molecule has 2 rings (SSSR count). The van der Waals surface area contributed by atoms with Crippen molar-refractivity contribution in [2.45, 2.75) is 25.0 Å². The average molecular weight is 284 g/mol. The van der Waals surface area contributed by atoms with E-state index in [4.69, 9.17) is 11.6 Å². The number of halogens is 1. The van der Waals surface area contributed by atoms with Crippen LogP contribution in [0.2, 0.25) is 5.02 Å². The molecule has 0 saturated heterocycles. The summed E-state index contributed by atoms with van der Waals surface area (Å²) in [5, 5.41) is 4.23. The van der Waals surface area contributed by atoms with Gasteiger partial charge in [0.15, 0.2) is 5.16 Å². The first-order valence-electron chi connectivity index (χ1n) is 5.62. The molecule has 1 aromatic heterocycles. The molecule has 0 aliphatic carbocycles. The van der Waals surface area contributed by atoms with Crippen LogP contribution in [0.3, 0.4) is 0 Å². The van der Waals surface area contributed by atoms with Gasteiger partial charge in [-0.2, -0.15) is 0 Å². The summed E-state index contributed by atoms with van der Waals surface area (Å²) in [7, 11) is 0. The van der Waals surface area contributed by atoms with Crippen LogP contribution < -0.4 is 5.32 Å². The van der Waals surface area contributed by atoms with Crippen LogP contribution in [-0.4, -0.2) is 27.7 Å². The summed E-state index contributed by atoms with van der Waals surface area (Å²) in [6.45, 7) is 3.87. The van der Waals surface area contributed by atoms with E-state index in [1.54, 1.807) is 6.07 Å². The number of thioether (sulfide) groups is 1. The van der Waals surface area contributed by atoms with Crippen LogP contribution in [-0.2, 0) is 4.79 Å². The lowest BCUT2D eigenvalue weighted by Crippen LogP contribution is -2.31. The van der Waals surface area contributed by atoms with E-state index in [-0.39, 0.29) is 11.9 Å². The van der Waals surface area contributed by atoms with E-state index >= 15 is 0 Å². The molecule has 2 N–H and O–H groups in total. The second kappa shape index (κ2) is 5.63. The quantitative estimate of drug-likeness (QED) is 0.849. The Bertz CT molecular complexity index is 567. The van der Waals surface area contributed by atoms with Crippen molar-refractivity contribution in [2.24, 2.45) is 0 Å². The Morgan fingerprint density at radius 1 is 1.56 bits per heavy atom. The summed E-state index contributed by atoms with van der Waals surface area (Å²) in [5.41, 5.74) is 1.74. The van der Waals surface area contributed by atoms with Crippen molar-refractivity contribution in [1.82, 2.24) is 15.3 Å². The fourth-order valence-corrected chi connectivity index (χ4v) is 2.39. The number of rotatable bonds is 4. The minimum Gasteiger partial charge on any atom is -0.353 e. The minimum absolute atomic E-state index is 0.00786. The van der Waals surface area contributed by atoms with Gasteiger partial charge < -0.3 is 10.3 Å². The van der Waals surface area contributed by atoms with Crippen molar-refractivity contribution in [3.63, 3.8) is 0 Å². The number of hydrogen-bond acceptors (Lipinski definition) is 3. The van der Waals surface area contributed by atoms with E-state index in [0.29, 0.717) is 10.8 Å². The Kier molecular flexibility index (Phi) is 4.14. The number of carbonyl (C=O) groups is 1. The lowest BCUT2D eigenvalue weighted by Gasteiger charge is -2.06. The molecule has 0 atom stereocenters. The van der Waals surface area contributed by atoms with Crippen molar-refractivity contribution < 1.29 is 4.79 Å². The number of carbonyl (C=O) groups excluding carboxylic acids is 1. The number of hydrogen-bond donors (Lipinski definition) is 2. The molecule has 1 heterocycles. The van der Waals surface area contributed by atoms with Gasteiger partial charge in [0.25, 0.3) is 0 Å². The summed E-state index contributed by atoms with van der Waals surface area (Å²) in [6, 6.07) is 5.63. The Hall–Kier alpha value is -1.20. The predicted molar refractivity (Wildman–Crippen MR) is 75.1 cm³/mol. The molecule has 18 heavy (non-hydrogen) atoms. The minimum atomic E-state index is 0.00786. The normalized spacial score (nSPS) is 11.1. The summed E-state index contributed by atoms with van der Waals surface area (Å²) < 4.78 is 0. The van der Waals surface area contributed by atoms with Crippen LogP contribution in [0.25, 0.3) is 11.0 Å². The van der Waals surface area contributed by atoms with Crippen molar-refractivity contribution in [3.05, 3.63) is 23.2 Å². The van der Waals surface area contributed by atoms with E-state index in [1.165, 1.54) is 11.8 Å². The number of H-pyrrole nitrogens is 1. The summed E-state index contributed by atoms with van der Waals surface area (Å²) >= 11 is 7.27. The summed E-state index contributed by atoms with van der Waals surface area (Å²) in [4.78, 5) is 19.0. The predicted octanol–water partition coefficient (Wildman–Crippen LogP) is 2.83. The first-order valence-corrected chi connectivity index (χ1v) is 6.98. The monoisotopic (exact) mass is 283 g/mol. The van der Waals surface area contributed by atoms with Gasteiger partial charge in [-0.05, 0) is 32.0 Å². The Morgan fingerprint density at radius 3 is 3.06 bits per heavy atom. The molecular formula is C12H14ClN3OS. The number of aromatic amines is 1. The number of benzene rings is 1. The van der Waals surface area contributed by atoms with Gasteiger partial charge in [0, 0.05) is 11.1 Å². The zero-order valence-corrected chi connectivity index (χ0v) is 11.7. The highest BCUT2D eigenvalue weighted by atomic mass is 35.5. The second-order valence-electron chi connectivity index (χ2n) is 4.21. The SMILES string of the molecule is CC(C)NC(=O)CSc1nc2ccc(Cl)cc2[nH]1. The van der Waals surface area contributed by atoms with Gasteiger partial charge in [0.2, 0.25) is 5.91 Å². The molecular weight excluding hydrogens is 270 g/mol. The molecule has 0 radical (unpaired) electrons. The van der Waals surface area contributed by atoms with E-state index in [1.807, 2.05) is 26.0 Å². The van der Waals surface area contributed by atoms with Crippen molar-refractivity contribution in [2.75, 3.05) is 5.75 Å². The smallest absolute Gasteiger partial charge is 0.230 e.